The highest BCUT2D eigenvalue weighted by molar-refractivity contribution is 6.00. The van der Waals surface area contributed by atoms with E-state index in [9.17, 15) is 13.6 Å². The Balaban J connectivity index is 1.28. The van der Waals surface area contributed by atoms with Crippen LogP contribution in [0.25, 0.3) is 10.9 Å². The lowest BCUT2D eigenvalue weighted by Crippen LogP contribution is -2.40. The van der Waals surface area contributed by atoms with E-state index in [2.05, 4.69) is 25.7 Å². The number of hydrogen-bond acceptors (Lipinski definition) is 3. The molecule has 1 aromatic heterocycles. The second-order valence-electron chi connectivity index (χ2n) is 8.06. The Bertz CT molecular complexity index is 1080. The molecule has 0 unspecified atom stereocenters. The zero-order chi connectivity index (χ0) is 20.7. The van der Waals surface area contributed by atoms with Crippen molar-refractivity contribution in [3.8, 4) is 0 Å². The zero-order valence-electron chi connectivity index (χ0n) is 16.4. The Kier molecular flexibility index (Phi) is 4.77. The van der Waals surface area contributed by atoms with Crippen LogP contribution in [0.2, 0.25) is 0 Å². The van der Waals surface area contributed by atoms with E-state index in [1.54, 1.807) is 18.3 Å². The monoisotopic (exact) mass is 411 g/mol. The van der Waals surface area contributed by atoms with Crippen molar-refractivity contribution in [2.24, 2.45) is 0 Å². The Morgan fingerprint density at radius 1 is 1.13 bits per heavy atom. The third kappa shape index (κ3) is 3.36. The molecule has 5 rings (SSSR count). The molecule has 0 spiro atoms. The quantitative estimate of drug-likeness (QED) is 0.583. The van der Waals surface area contributed by atoms with E-state index in [0.717, 1.165) is 43.0 Å². The third-order valence-electron chi connectivity index (χ3n) is 6.26. The average molecular weight is 411 g/mol. The van der Waals surface area contributed by atoms with Gasteiger partial charge in [-0.3, -0.25) is 5.10 Å². The Morgan fingerprint density at radius 3 is 2.73 bits per heavy atom. The molecule has 2 aliphatic heterocycles. The van der Waals surface area contributed by atoms with Gasteiger partial charge in [-0.1, -0.05) is 6.07 Å². The number of benzene rings is 2. The van der Waals surface area contributed by atoms with Gasteiger partial charge in [0.15, 0.2) is 0 Å². The van der Waals surface area contributed by atoms with Crippen molar-refractivity contribution in [2.75, 3.05) is 10.2 Å². The first-order chi connectivity index (χ1) is 14.6. The summed E-state index contributed by atoms with van der Waals surface area (Å²) < 4.78 is 29.6. The maximum absolute atomic E-state index is 14.9. The van der Waals surface area contributed by atoms with Crippen molar-refractivity contribution in [3.63, 3.8) is 0 Å². The molecule has 2 atom stereocenters. The average Bonchev–Trinajstić information content (AvgIpc) is 3.31. The number of amides is 2. The minimum atomic E-state index is -0.506. The molecule has 0 saturated carbocycles. The van der Waals surface area contributed by atoms with Crippen molar-refractivity contribution in [3.05, 3.63) is 53.7 Å². The van der Waals surface area contributed by atoms with Crippen molar-refractivity contribution < 1.29 is 13.6 Å². The minimum Gasteiger partial charge on any atom is -0.363 e. The number of halogens is 2. The van der Waals surface area contributed by atoms with Crippen LogP contribution >= 0.6 is 0 Å². The van der Waals surface area contributed by atoms with Crippen LogP contribution in [0.1, 0.15) is 37.7 Å². The molecule has 2 fully saturated rings. The van der Waals surface area contributed by atoms with Crippen LogP contribution < -0.4 is 15.5 Å². The lowest BCUT2D eigenvalue weighted by molar-refractivity contribution is 0.251. The standard InChI is InChI=1S/C22H23F2N5O/c23-17-10-21(29-14-3-1-4-15(29)8-7-14)18(24)9-13(17)11-25-22(30)27-19-5-2-6-20-16(19)12-26-28-20/h2,5-6,9-10,12,14-15H,1,3-4,7-8,11H2,(H,26,28)(H2,25,27,30)/t14-,15+. The number of H-pyrrole nitrogens is 1. The van der Waals surface area contributed by atoms with Gasteiger partial charge in [0.25, 0.3) is 0 Å². The van der Waals surface area contributed by atoms with Gasteiger partial charge in [-0.15, -0.1) is 0 Å². The summed E-state index contributed by atoms with van der Waals surface area (Å²) in [6.07, 6.45) is 6.91. The number of nitrogens with one attached hydrogen (secondary N) is 3. The van der Waals surface area contributed by atoms with Crippen LogP contribution in [-0.4, -0.2) is 28.3 Å². The lowest BCUT2D eigenvalue weighted by atomic mass is 10.0. The van der Waals surface area contributed by atoms with E-state index in [-0.39, 0.29) is 12.1 Å². The van der Waals surface area contributed by atoms with Crippen molar-refractivity contribution in [1.82, 2.24) is 15.5 Å². The number of aromatic nitrogens is 2. The van der Waals surface area contributed by atoms with Crippen LogP contribution in [0, 0.1) is 11.6 Å². The Morgan fingerprint density at radius 2 is 1.93 bits per heavy atom. The van der Waals surface area contributed by atoms with E-state index in [4.69, 9.17) is 0 Å². The van der Waals surface area contributed by atoms with Gasteiger partial charge in [-0.2, -0.15) is 5.10 Å². The Labute approximate surface area is 172 Å². The second-order valence-corrected chi connectivity index (χ2v) is 8.06. The van der Waals surface area contributed by atoms with Gasteiger partial charge >= 0.3 is 6.03 Å². The molecule has 156 valence electrons. The summed E-state index contributed by atoms with van der Waals surface area (Å²) in [4.78, 5) is 14.3. The van der Waals surface area contributed by atoms with Gasteiger partial charge < -0.3 is 15.5 Å². The smallest absolute Gasteiger partial charge is 0.319 e. The predicted molar refractivity (Wildman–Crippen MR) is 111 cm³/mol. The van der Waals surface area contributed by atoms with Crippen LogP contribution in [0.4, 0.5) is 25.0 Å². The molecule has 3 aromatic rings. The fourth-order valence-corrected chi connectivity index (χ4v) is 4.84. The summed E-state index contributed by atoms with van der Waals surface area (Å²) in [7, 11) is 0. The van der Waals surface area contributed by atoms with E-state index in [0.29, 0.717) is 23.5 Å². The van der Waals surface area contributed by atoms with Gasteiger partial charge in [-0.05, 0) is 50.3 Å². The number of piperidine rings is 1. The molecular weight excluding hydrogens is 388 g/mol. The lowest BCUT2D eigenvalue weighted by Gasteiger charge is -2.37. The van der Waals surface area contributed by atoms with E-state index < -0.39 is 17.7 Å². The van der Waals surface area contributed by atoms with Gasteiger partial charge in [-0.25, -0.2) is 13.6 Å². The molecule has 0 aliphatic carbocycles. The largest absolute Gasteiger partial charge is 0.363 e. The molecule has 2 amide bonds. The van der Waals surface area contributed by atoms with E-state index in [1.807, 2.05) is 6.07 Å². The number of aromatic amines is 1. The normalized spacial score (nSPS) is 20.5. The fraction of sp³-hybridized carbons (Fsp3) is 0.364. The van der Waals surface area contributed by atoms with Crippen molar-refractivity contribution >= 4 is 28.3 Å². The molecule has 0 radical (unpaired) electrons. The molecule has 8 heteroatoms. The molecule has 2 bridgehead atoms. The first-order valence-corrected chi connectivity index (χ1v) is 10.3. The molecule has 2 saturated heterocycles. The van der Waals surface area contributed by atoms with Gasteiger partial charge in [0.05, 0.1) is 23.1 Å². The van der Waals surface area contributed by atoms with Gasteiger partial charge in [0.2, 0.25) is 0 Å². The zero-order valence-corrected chi connectivity index (χ0v) is 16.4. The molecule has 30 heavy (non-hydrogen) atoms. The SMILES string of the molecule is O=C(NCc1cc(F)c(N2[C@@H]3CCC[C@H]2CC3)cc1F)Nc1cccc2[nH]ncc12. The number of urea groups is 1. The maximum atomic E-state index is 14.9. The second kappa shape index (κ2) is 7.59. The van der Waals surface area contributed by atoms with Gasteiger partial charge in [0.1, 0.15) is 11.6 Å². The summed E-state index contributed by atoms with van der Waals surface area (Å²) in [6, 6.07) is 7.98. The summed E-state index contributed by atoms with van der Waals surface area (Å²) in [5, 5.41) is 12.9. The number of carbonyl (C=O) groups excluding carboxylic acids is 1. The number of anilines is 2. The summed E-state index contributed by atoms with van der Waals surface area (Å²) in [6.45, 7) is -0.108. The summed E-state index contributed by atoms with van der Waals surface area (Å²) in [5.41, 5.74) is 1.85. The number of fused-ring (bicyclic) bond motifs is 3. The first-order valence-electron chi connectivity index (χ1n) is 10.3. The van der Waals surface area contributed by atoms with Gasteiger partial charge in [0, 0.05) is 35.6 Å². The number of rotatable bonds is 4. The fourth-order valence-electron chi connectivity index (χ4n) is 4.84. The van der Waals surface area contributed by atoms with E-state index in [1.165, 1.54) is 12.1 Å². The van der Waals surface area contributed by atoms with Crippen LogP contribution in [-0.2, 0) is 6.54 Å². The molecule has 2 aliphatic rings. The molecular formula is C22H23F2N5O. The number of nitrogens with zero attached hydrogens (tertiary/aromatic N) is 2. The highest BCUT2D eigenvalue weighted by atomic mass is 19.1. The topological polar surface area (TPSA) is 73.1 Å². The van der Waals surface area contributed by atoms with E-state index >= 15 is 0 Å². The van der Waals surface area contributed by atoms with Crippen molar-refractivity contribution in [1.29, 1.82) is 0 Å². The highest BCUT2D eigenvalue weighted by Crippen LogP contribution is 2.40. The first kappa shape index (κ1) is 18.8. The number of hydrogen-bond donors (Lipinski definition) is 3. The third-order valence-corrected chi connectivity index (χ3v) is 6.26. The van der Waals surface area contributed by atoms with Crippen LogP contribution in [0.5, 0.6) is 0 Å². The minimum absolute atomic E-state index is 0.108. The van der Waals surface area contributed by atoms with Crippen LogP contribution in [0.15, 0.2) is 36.5 Å². The molecule has 3 N–H and O–H groups in total. The number of carbonyl (C=O) groups is 1. The Hall–Kier alpha value is -3.16. The molecule has 2 aromatic carbocycles. The molecule has 6 nitrogen and oxygen atoms in total. The molecule has 3 heterocycles. The maximum Gasteiger partial charge on any atom is 0.319 e. The summed E-state index contributed by atoms with van der Waals surface area (Å²) in [5.74, 6) is -0.941. The summed E-state index contributed by atoms with van der Waals surface area (Å²) >= 11 is 0. The van der Waals surface area contributed by atoms with Crippen LogP contribution in [0.3, 0.4) is 0 Å². The highest BCUT2D eigenvalue weighted by Gasteiger charge is 2.38. The predicted octanol–water partition coefficient (Wildman–Crippen LogP) is 4.68. The van der Waals surface area contributed by atoms with Crippen molar-refractivity contribution in [2.45, 2.75) is 50.7 Å².